The first-order valence-corrected chi connectivity index (χ1v) is 7.37. The smallest absolute Gasteiger partial charge is 0.132 e. The number of halogens is 1. The van der Waals surface area contributed by atoms with Crippen LogP contribution in [0.25, 0.3) is 16.9 Å². The van der Waals surface area contributed by atoms with Crippen LogP contribution in [0.1, 0.15) is 12.6 Å². The number of hydrogen-bond acceptors (Lipinski definition) is 4. The number of aromatic nitrogens is 3. The molecule has 3 rings (SSSR count). The summed E-state index contributed by atoms with van der Waals surface area (Å²) in [6.45, 7) is 2.70. The molecule has 23 heavy (non-hydrogen) atoms. The van der Waals surface area contributed by atoms with Crippen LogP contribution in [0.3, 0.4) is 0 Å². The van der Waals surface area contributed by atoms with Crippen molar-refractivity contribution in [3.05, 3.63) is 60.0 Å². The zero-order chi connectivity index (χ0) is 16.2. The molecule has 0 amide bonds. The number of rotatable bonds is 5. The van der Waals surface area contributed by atoms with Gasteiger partial charge in [0.25, 0.3) is 0 Å². The minimum atomic E-state index is -0.336. The molecule has 0 radical (unpaired) electrons. The molecular formula is C17H17FN4O. The van der Waals surface area contributed by atoms with E-state index >= 15 is 0 Å². The number of nitrogens with two attached hydrogens (primary N) is 1. The van der Waals surface area contributed by atoms with E-state index in [0.29, 0.717) is 23.6 Å². The molecule has 2 N–H and O–H groups in total. The van der Waals surface area contributed by atoms with Crippen molar-refractivity contribution in [1.29, 1.82) is 0 Å². The van der Waals surface area contributed by atoms with Crippen LogP contribution in [0.2, 0.25) is 0 Å². The zero-order valence-electron chi connectivity index (χ0n) is 12.7. The average molecular weight is 312 g/mol. The zero-order valence-corrected chi connectivity index (χ0v) is 12.7. The largest absolute Gasteiger partial charge is 0.494 e. The van der Waals surface area contributed by atoms with E-state index in [1.54, 1.807) is 22.9 Å². The molecule has 6 heteroatoms. The molecule has 0 saturated heterocycles. The highest BCUT2D eigenvalue weighted by atomic mass is 19.1. The predicted octanol–water partition coefficient (Wildman–Crippen LogP) is 2.93. The van der Waals surface area contributed by atoms with Gasteiger partial charge in [0, 0.05) is 12.1 Å². The molecule has 0 atom stereocenters. The highest BCUT2D eigenvalue weighted by Crippen LogP contribution is 2.28. The first-order valence-electron chi connectivity index (χ1n) is 7.37. The van der Waals surface area contributed by atoms with E-state index in [2.05, 4.69) is 10.3 Å². The molecule has 0 fully saturated rings. The van der Waals surface area contributed by atoms with Crippen LogP contribution in [0.4, 0.5) is 4.39 Å². The average Bonchev–Trinajstić information content (AvgIpc) is 3.00. The Balaban J connectivity index is 2.10. The fourth-order valence-electron chi connectivity index (χ4n) is 2.40. The van der Waals surface area contributed by atoms with Gasteiger partial charge >= 0.3 is 0 Å². The first-order chi connectivity index (χ1) is 11.2. The maximum Gasteiger partial charge on any atom is 0.132 e. The van der Waals surface area contributed by atoms with E-state index in [9.17, 15) is 4.39 Å². The predicted molar refractivity (Wildman–Crippen MR) is 85.8 cm³/mol. The molecule has 5 nitrogen and oxygen atoms in total. The second kappa shape index (κ2) is 6.58. The molecule has 118 valence electrons. The summed E-state index contributed by atoms with van der Waals surface area (Å²) in [6, 6.07) is 13.9. The SMILES string of the molecule is CCOc1ccc(-n2nnc(CN)c2-c2ccccc2F)cc1. The third kappa shape index (κ3) is 2.93. The van der Waals surface area contributed by atoms with Gasteiger partial charge in [-0.2, -0.15) is 0 Å². The van der Waals surface area contributed by atoms with Crippen molar-refractivity contribution in [3.63, 3.8) is 0 Å². The molecule has 2 aromatic carbocycles. The summed E-state index contributed by atoms with van der Waals surface area (Å²) in [6.07, 6.45) is 0. The number of ether oxygens (including phenoxy) is 1. The van der Waals surface area contributed by atoms with Gasteiger partial charge in [0.05, 0.1) is 12.3 Å². The molecule has 1 aromatic heterocycles. The Morgan fingerprint density at radius 3 is 2.52 bits per heavy atom. The molecule has 0 aliphatic heterocycles. The Hall–Kier alpha value is -2.73. The molecule has 0 aliphatic rings. The van der Waals surface area contributed by atoms with Crippen molar-refractivity contribution < 1.29 is 9.13 Å². The fraction of sp³-hybridized carbons (Fsp3) is 0.176. The van der Waals surface area contributed by atoms with E-state index in [4.69, 9.17) is 10.5 Å². The second-order valence-electron chi connectivity index (χ2n) is 4.91. The van der Waals surface area contributed by atoms with Crippen molar-refractivity contribution in [3.8, 4) is 22.7 Å². The molecule has 0 bridgehead atoms. The van der Waals surface area contributed by atoms with Gasteiger partial charge < -0.3 is 10.5 Å². The molecule has 3 aromatic rings. The van der Waals surface area contributed by atoms with Gasteiger partial charge in [-0.05, 0) is 43.3 Å². The highest BCUT2D eigenvalue weighted by Gasteiger charge is 2.18. The van der Waals surface area contributed by atoms with Crippen molar-refractivity contribution in [2.24, 2.45) is 5.73 Å². The van der Waals surface area contributed by atoms with Gasteiger partial charge in [0.2, 0.25) is 0 Å². The maximum atomic E-state index is 14.2. The lowest BCUT2D eigenvalue weighted by molar-refractivity contribution is 0.340. The minimum absolute atomic E-state index is 0.181. The Morgan fingerprint density at radius 1 is 1.13 bits per heavy atom. The third-order valence-corrected chi connectivity index (χ3v) is 3.45. The summed E-state index contributed by atoms with van der Waals surface area (Å²) in [5.74, 6) is 0.430. The molecular weight excluding hydrogens is 295 g/mol. The lowest BCUT2D eigenvalue weighted by atomic mass is 10.1. The molecule has 0 unspecified atom stereocenters. The monoisotopic (exact) mass is 312 g/mol. The van der Waals surface area contributed by atoms with Crippen LogP contribution in [0, 0.1) is 5.82 Å². The maximum absolute atomic E-state index is 14.2. The first kappa shape index (κ1) is 15.2. The summed E-state index contributed by atoms with van der Waals surface area (Å²) in [5, 5.41) is 8.21. The number of benzene rings is 2. The summed E-state index contributed by atoms with van der Waals surface area (Å²) < 4.78 is 21.2. The van der Waals surface area contributed by atoms with Crippen molar-refractivity contribution >= 4 is 0 Å². The second-order valence-corrected chi connectivity index (χ2v) is 4.91. The van der Waals surface area contributed by atoms with Crippen LogP contribution < -0.4 is 10.5 Å². The highest BCUT2D eigenvalue weighted by molar-refractivity contribution is 5.65. The van der Waals surface area contributed by atoms with Crippen molar-refractivity contribution in [2.75, 3.05) is 6.61 Å². The number of hydrogen-bond donors (Lipinski definition) is 1. The summed E-state index contributed by atoms with van der Waals surface area (Å²) in [7, 11) is 0. The Labute approximate surface area is 133 Å². The Morgan fingerprint density at radius 2 is 1.87 bits per heavy atom. The van der Waals surface area contributed by atoms with Crippen LogP contribution in [-0.4, -0.2) is 21.6 Å². The third-order valence-electron chi connectivity index (χ3n) is 3.45. The molecule has 0 aliphatic carbocycles. The molecule has 0 spiro atoms. The van der Waals surface area contributed by atoms with E-state index in [0.717, 1.165) is 11.4 Å². The van der Waals surface area contributed by atoms with Crippen LogP contribution >= 0.6 is 0 Å². The normalized spacial score (nSPS) is 10.7. The lowest BCUT2D eigenvalue weighted by Crippen LogP contribution is -2.04. The van der Waals surface area contributed by atoms with E-state index in [-0.39, 0.29) is 12.4 Å². The minimum Gasteiger partial charge on any atom is -0.494 e. The van der Waals surface area contributed by atoms with Gasteiger partial charge in [0.1, 0.15) is 23.0 Å². The van der Waals surface area contributed by atoms with Gasteiger partial charge in [-0.1, -0.05) is 17.3 Å². The van der Waals surface area contributed by atoms with E-state index in [1.165, 1.54) is 6.07 Å². The number of nitrogens with zero attached hydrogens (tertiary/aromatic N) is 3. The van der Waals surface area contributed by atoms with Gasteiger partial charge in [-0.15, -0.1) is 5.10 Å². The van der Waals surface area contributed by atoms with Crippen LogP contribution in [0.15, 0.2) is 48.5 Å². The van der Waals surface area contributed by atoms with Crippen LogP contribution in [0.5, 0.6) is 5.75 Å². The van der Waals surface area contributed by atoms with E-state index < -0.39 is 0 Å². The van der Waals surface area contributed by atoms with Gasteiger partial charge in [0.15, 0.2) is 0 Å². The topological polar surface area (TPSA) is 66.0 Å². The van der Waals surface area contributed by atoms with Gasteiger partial charge in [-0.3, -0.25) is 0 Å². The molecule has 0 saturated carbocycles. The molecule has 1 heterocycles. The summed E-state index contributed by atoms with van der Waals surface area (Å²) in [4.78, 5) is 0. The standard InChI is InChI=1S/C17H17FN4O/c1-2-23-13-9-7-12(8-10-13)22-17(16(11-19)20-21-22)14-5-3-4-6-15(14)18/h3-10H,2,11,19H2,1H3. The van der Waals surface area contributed by atoms with Crippen LogP contribution in [-0.2, 0) is 6.54 Å². The van der Waals surface area contributed by atoms with Crippen molar-refractivity contribution in [2.45, 2.75) is 13.5 Å². The Kier molecular flexibility index (Phi) is 4.34. The quantitative estimate of drug-likeness (QED) is 0.786. The lowest BCUT2D eigenvalue weighted by Gasteiger charge is -2.10. The van der Waals surface area contributed by atoms with E-state index in [1.807, 2.05) is 31.2 Å². The van der Waals surface area contributed by atoms with Crippen molar-refractivity contribution in [1.82, 2.24) is 15.0 Å². The Bertz CT molecular complexity index is 799. The summed E-state index contributed by atoms with van der Waals surface area (Å²) in [5.41, 5.74) is 8.03. The van der Waals surface area contributed by atoms with Gasteiger partial charge in [-0.25, -0.2) is 9.07 Å². The fourth-order valence-corrected chi connectivity index (χ4v) is 2.40. The summed E-state index contributed by atoms with van der Waals surface area (Å²) >= 11 is 0.